The topological polar surface area (TPSA) is 55.1 Å². The molecule has 3 N–H and O–H groups in total. The van der Waals surface area contributed by atoms with Crippen LogP contribution >= 0.6 is 0 Å². The Morgan fingerprint density at radius 3 is 2.63 bits per heavy atom. The minimum atomic E-state index is -0.0318. The van der Waals surface area contributed by atoms with E-state index in [1.165, 1.54) is 19.3 Å². The quantitative estimate of drug-likeness (QED) is 0.820. The lowest BCUT2D eigenvalue weighted by atomic mass is 9.78. The monoisotopic (exact) mass is 260 g/mol. The SMILES string of the molecule is CC(C)C1CCCCC1NC(=O)c1ccccc1N. The van der Waals surface area contributed by atoms with E-state index in [4.69, 9.17) is 5.73 Å². The molecule has 19 heavy (non-hydrogen) atoms. The zero-order valence-corrected chi connectivity index (χ0v) is 11.9. The number of nitrogens with one attached hydrogen (secondary N) is 1. The number of benzene rings is 1. The van der Waals surface area contributed by atoms with Gasteiger partial charge < -0.3 is 11.1 Å². The van der Waals surface area contributed by atoms with E-state index in [1.807, 2.05) is 12.1 Å². The lowest BCUT2D eigenvalue weighted by molar-refractivity contribution is 0.0890. The van der Waals surface area contributed by atoms with E-state index in [2.05, 4.69) is 19.2 Å². The molecule has 1 aliphatic carbocycles. The van der Waals surface area contributed by atoms with E-state index in [0.29, 0.717) is 29.1 Å². The number of carbonyl (C=O) groups excluding carboxylic acids is 1. The van der Waals surface area contributed by atoms with Crippen LogP contribution in [0.3, 0.4) is 0 Å². The first-order valence-electron chi connectivity index (χ1n) is 7.25. The number of nitrogens with two attached hydrogens (primary N) is 1. The Balaban J connectivity index is 2.07. The van der Waals surface area contributed by atoms with Gasteiger partial charge in [0.1, 0.15) is 0 Å². The van der Waals surface area contributed by atoms with Gasteiger partial charge in [-0.2, -0.15) is 0 Å². The van der Waals surface area contributed by atoms with Crippen LogP contribution in [0, 0.1) is 11.8 Å². The number of amides is 1. The molecule has 0 aliphatic heterocycles. The third kappa shape index (κ3) is 3.28. The third-order valence-electron chi connectivity index (χ3n) is 4.20. The van der Waals surface area contributed by atoms with E-state index in [-0.39, 0.29) is 5.91 Å². The Kier molecular flexibility index (Phi) is 4.46. The number of rotatable bonds is 3. The van der Waals surface area contributed by atoms with Crippen LogP contribution < -0.4 is 11.1 Å². The second kappa shape index (κ2) is 6.09. The number of anilines is 1. The van der Waals surface area contributed by atoms with Gasteiger partial charge in [0, 0.05) is 11.7 Å². The van der Waals surface area contributed by atoms with Crippen molar-refractivity contribution < 1.29 is 4.79 Å². The maximum Gasteiger partial charge on any atom is 0.253 e. The van der Waals surface area contributed by atoms with Crippen LogP contribution in [0.15, 0.2) is 24.3 Å². The van der Waals surface area contributed by atoms with Gasteiger partial charge >= 0.3 is 0 Å². The van der Waals surface area contributed by atoms with E-state index >= 15 is 0 Å². The van der Waals surface area contributed by atoms with Gasteiger partial charge in [0.15, 0.2) is 0 Å². The summed E-state index contributed by atoms with van der Waals surface area (Å²) in [6, 6.07) is 7.56. The Labute approximate surface area is 115 Å². The summed E-state index contributed by atoms with van der Waals surface area (Å²) in [4.78, 5) is 12.3. The fourth-order valence-electron chi connectivity index (χ4n) is 3.09. The number of hydrogen-bond donors (Lipinski definition) is 2. The summed E-state index contributed by atoms with van der Waals surface area (Å²) in [6.07, 6.45) is 4.79. The Morgan fingerprint density at radius 2 is 1.95 bits per heavy atom. The molecule has 0 radical (unpaired) electrons. The molecule has 1 fully saturated rings. The predicted molar refractivity (Wildman–Crippen MR) is 78.9 cm³/mol. The molecule has 0 spiro atoms. The molecule has 2 rings (SSSR count). The van der Waals surface area contributed by atoms with Crippen LogP contribution in [0.4, 0.5) is 5.69 Å². The number of carbonyl (C=O) groups is 1. The van der Waals surface area contributed by atoms with E-state index < -0.39 is 0 Å². The summed E-state index contributed by atoms with van der Waals surface area (Å²) >= 11 is 0. The fourth-order valence-corrected chi connectivity index (χ4v) is 3.09. The van der Waals surface area contributed by atoms with Gasteiger partial charge in [-0.3, -0.25) is 4.79 Å². The molecule has 0 bridgehead atoms. The Bertz CT molecular complexity index is 442. The smallest absolute Gasteiger partial charge is 0.253 e. The van der Waals surface area contributed by atoms with Crippen molar-refractivity contribution in [2.24, 2.45) is 11.8 Å². The van der Waals surface area contributed by atoms with E-state index in [1.54, 1.807) is 12.1 Å². The summed E-state index contributed by atoms with van der Waals surface area (Å²) < 4.78 is 0. The molecule has 3 nitrogen and oxygen atoms in total. The van der Waals surface area contributed by atoms with Crippen molar-refractivity contribution in [1.29, 1.82) is 0 Å². The number of nitrogen functional groups attached to an aromatic ring is 1. The van der Waals surface area contributed by atoms with Crippen LogP contribution in [-0.2, 0) is 0 Å². The maximum absolute atomic E-state index is 12.3. The molecular formula is C16H24N2O. The van der Waals surface area contributed by atoms with Crippen molar-refractivity contribution in [2.75, 3.05) is 5.73 Å². The van der Waals surface area contributed by atoms with Crippen LogP contribution in [0.25, 0.3) is 0 Å². The van der Waals surface area contributed by atoms with Crippen molar-refractivity contribution in [3.63, 3.8) is 0 Å². The van der Waals surface area contributed by atoms with Crippen molar-refractivity contribution in [3.05, 3.63) is 29.8 Å². The third-order valence-corrected chi connectivity index (χ3v) is 4.20. The molecule has 104 valence electrons. The minimum Gasteiger partial charge on any atom is -0.398 e. The normalized spacial score (nSPS) is 23.3. The van der Waals surface area contributed by atoms with Gasteiger partial charge in [0.25, 0.3) is 5.91 Å². The first kappa shape index (κ1) is 13.9. The Hall–Kier alpha value is -1.51. The van der Waals surface area contributed by atoms with Crippen molar-refractivity contribution in [1.82, 2.24) is 5.32 Å². The molecule has 0 heterocycles. The Morgan fingerprint density at radius 1 is 1.26 bits per heavy atom. The first-order chi connectivity index (χ1) is 9.09. The molecule has 0 aromatic heterocycles. The van der Waals surface area contributed by atoms with Gasteiger partial charge in [-0.25, -0.2) is 0 Å². The summed E-state index contributed by atoms with van der Waals surface area (Å²) in [7, 11) is 0. The second-order valence-electron chi connectivity index (χ2n) is 5.86. The van der Waals surface area contributed by atoms with Gasteiger partial charge in [-0.1, -0.05) is 38.8 Å². The average molecular weight is 260 g/mol. The van der Waals surface area contributed by atoms with Crippen LogP contribution in [0.1, 0.15) is 49.9 Å². The summed E-state index contributed by atoms with van der Waals surface area (Å²) in [6.45, 7) is 4.48. The predicted octanol–water partition coefficient (Wildman–Crippen LogP) is 3.21. The molecule has 1 aliphatic rings. The molecule has 1 aromatic rings. The summed E-state index contributed by atoms with van der Waals surface area (Å²) in [5.41, 5.74) is 7.01. The standard InChI is InChI=1S/C16H24N2O/c1-11(2)12-7-4-6-10-15(12)18-16(19)13-8-3-5-9-14(13)17/h3,5,8-9,11-12,15H,4,6-7,10,17H2,1-2H3,(H,18,19). The maximum atomic E-state index is 12.3. The van der Waals surface area contributed by atoms with Crippen LogP contribution in [0.5, 0.6) is 0 Å². The average Bonchev–Trinajstić information content (AvgIpc) is 2.39. The molecule has 1 amide bonds. The summed E-state index contributed by atoms with van der Waals surface area (Å²) in [5.74, 6) is 1.16. The molecular weight excluding hydrogens is 236 g/mol. The zero-order chi connectivity index (χ0) is 13.8. The van der Waals surface area contributed by atoms with E-state index in [0.717, 1.165) is 6.42 Å². The van der Waals surface area contributed by atoms with Crippen molar-refractivity contribution in [2.45, 2.75) is 45.6 Å². The lowest BCUT2D eigenvalue weighted by Crippen LogP contribution is -2.44. The van der Waals surface area contributed by atoms with Crippen LogP contribution in [0.2, 0.25) is 0 Å². The number of hydrogen-bond acceptors (Lipinski definition) is 2. The van der Waals surface area contributed by atoms with Gasteiger partial charge in [-0.05, 0) is 36.8 Å². The summed E-state index contributed by atoms with van der Waals surface area (Å²) in [5, 5.41) is 3.19. The highest BCUT2D eigenvalue weighted by Crippen LogP contribution is 2.30. The van der Waals surface area contributed by atoms with Gasteiger partial charge in [0.05, 0.1) is 5.56 Å². The van der Waals surface area contributed by atoms with Crippen molar-refractivity contribution >= 4 is 11.6 Å². The molecule has 2 atom stereocenters. The first-order valence-corrected chi connectivity index (χ1v) is 7.25. The van der Waals surface area contributed by atoms with E-state index in [9.17, 15) is 4.79 Å². The highest BCUT2D eigenvalue weighted by Gasteiger charge is 2.29. The molecule has 3 heteroatoms. The highest BCUT2D eigenvalue weighted by molar-refractivity contribution is 5.99. The highest BCUT2D eigenvalue weighted by atomic mass is 16.1. The largest absolute Gasteiger partial charge is 0.398 e. The number of para-hydroxylation sites is 1. The zero-order valence-electron chi connectivity index (χ0n) is 11.9. The fraction of sp³-hybridized carbons (Fsp3) is 0.562. The van der Waals surface area contributed by atoms with Gasteiger partial charge in [-0.15, -0.1) is 0 Å². The minimum absolute atomic E-state index is 0.0318. The molecule has 2 unspecified atom stereocenters. The second-order valence-corrected chi connectivity index (χ2v) is 5.86. The molecule has 1 aromatic carbocycles. The molecule has 1 saturated carbocycles. The lowest BCUT2D eigenvalue weighted by Gasteiger charge is -2.35. The molecule has 0 saturated heterocycles. The van der Waals surface area contributed by atoms with Crippen molar-refractivity contribution in [3.8, 4) is 0 Å². The van der Waals surface area contributed by atoms with Crippen LogP contribution in [-0.4, -0.2) is 11.9 Å². The van der Waals surface area contributed by atoms with Gasteiger partial charge in [0.2, 0.25) is 0 Å².